The third-order valence-corrected chi connectivity index (χ3v) is 2.64. The van der Waals surface area contributed by atoms with E-state index in [4.69, 9.17) is 0 Å². The molecule has 2 heteroatoms. The average Bonchev–Trinajstić information content (AvgIpc) is 2.30. The highest BCUT2D eigenvalue weighted by Crippen LogP contribution is 2.31. The number of Topliss-reactive ketones (excluding diaryl/α,β-unsaturated/α-hetero) is 1. The fourth-order valence-corrected chi connectivity index (χ4v) is 2.02. The summed E-state index contributed by atoms with van der Waals surface area (Å²) in [4.78, 5) is 11.3. The molecule has 0 heterocycles. The summed E-state index contributed by atoms with van der Waals surface area (Å²) in [5, 5.41) is 9.83. The smallest absolute Gasteiger partial charge is 0.138 e. The lowest BCUT2D eigenvalue weighted by Crippen LogP contribution is -2.28. The van der Waals surface area contributed by atoms with Gasteiger partial charge in [0, 0.05) is 12.3 Å². The van der Waals surface area contributed by atoms with Crippen molar-refractivity contribution in [2.75, 3.05) is 0 Å². The molecule has 0 aromatic heterocycles. The third-order valence-electron chi connectivity index (χ3n) is 2.64. The number of aliphatic hydroxyl groups excluding tert-OH is 1. The van der Waals surface area contributed by atoms with Crippen molar-refractivity contribution in [3.8, 4) is 0 Å². The minimum Gasteiger partial charge on any atom is -0.392 e. The zero-order valence-electron chi connectivity index (χ0n) is 8.84. The third kappa shape index (κ3) is 3.11. The molecule has 1 saturated carbocycles. The number of carbonyl (C=O) groups excluding carboxylic acids is 1. The van der Waals surface area contributed by atoms with Crippen molar-refractivity contribution in [3.63, 3.8) is 0 Å². The highest BCUT2D eigenvalue weighted by atomic mass is 16.3. The van der Waals surface area contributed by atoms with Gasteiger partial charge >= 0.3 is 0 Å². The van der Waals surface area contributed by atoms with E-state index in [-0.39, 0.29) is 17.1 Å². The van der Waals surface area contributed by atoms with Gasteiger partial charge in [-0.05, 0) is 24.7 Å². The van der Waals surface area contributed by atoms with Gasteiger partial charge in [-0.1, -0.05) is 20.8 Å². The molecule has 0 radical (unpaired) electrons. The number of ketones is 1. The van der Waals surface area contributed by atoms with Crippen molar-refractivity contribution in [3.05, 3.63) is 0 Å². The Labute approximate surface area is 80.3 Å². The highest BCUT2D eigenvalue weighted by molar-refractivity contribution is 5.83. The molecule has 13 heavy (non-hydrogen) atoms. The van der Waals surface area contributed by atoms with E-state index in [2.05, 4.69) is 20.8 Å². The quantitative estimate of drug-likeness (QED) is 0.714. The van der Waals surface area contributed by atoms with Crippen LogP contribution in [0.1, 0.15) is 46.5 Å². The number of hydrogen-bond acceptors (Lipinski definition) is 2. The molecule has 1 fully saturated rings. The van der Waals surface area contributed by atoms with Crippen LogP contribution in [0.25, 0.3) is 0 Å². The first kappa shape index (κ1) is 10.7. The molecule has 0 amide bonds. The second-order valence-corrected chi connectivity index (χ2v) is 5.30. The molecule has 0 unspecified atom stereocenters. The van der Waals surface area contributed by atoms with Gasteiger partial charge < -0.3 is 5.11 Å². The summed E-state index contributed by atoms with van der Waals surface area (Å²) >= 11 is 0. The van der Waals surface area contributed by atoms with E-state index in [0.29, 0.717) is 6.42 Å². The largest absolute Gasteiger partial charge is 0.392 e. The SMILES string of the molecule is CC(C)(C)C[C@@H](O)[C@@H]1CCCC1=O. The first-order chi connectivity index (χ1) is 5.90. The highest BCUT2D eigenvalue weighted by Gasteiger charge is 2.32. The second kappa shape index (κ2) is 3.79. The fourth-order valence-electron chi connectivity index (χ4n) is 2.02. The van der Waals surface area contributed by atoms with Crippen molar-refractivity contribution in [2.45, 2.75) is 52.6 Å². The zero-order valence-corrected chi connectivity index (χ0v) is 8.84. The van der Waals surface area contributed by atoms with Gasteiger partial charge in [-0.2, -0.15) is 0 Å². The van der Waals surface area contributed by atoms with Gasteiger partial charge in [-0.15, -0.1) is 0 Å². The molecule has 1 aliphatic carbocycles. The zero-order chi connectivity index (χ0) is 10.1. The molecule has 2 nitrogen and oxygen atoms in total. The van der Waals surface area contributed by atoms with E-state index >= 15 is 0 Å². The first-order valence-electron chi connectivity index (χ1n) is 5.11. The van der Waals surface area contributed by atoms with Gasteiger partial charge in [-0.25, -0.2) is 0 Å². The molecule has 0 aromatic rings. The summed E-state index contributed by atoms with van der Waals surface area (Å²) in [5.74, 6) is 0.191. The Morgan fingerprint density at radius 1 is 1.54 bits per heavy atom. The van der Waals surface area contributed by atoms with E-state index in [1.807, 2.05) is 0 Å². The number of aliphatic hydroxyl groups is 1. The van der Waals surface area contributed by atoms with Crippen LogP contribution >= 0.6 is 0 Å². The summed E-state index contributed by atoms with van der Waals surface area (Å²) in [6.07, 6.45) is 2.82. The van der Waals surface area contributed by atoms with Crippen LogP contribution in [0.15, 0.2) is 0 Å². The Hall–Kier alpha value is -0.370. The van der Waals surface area contributed by atoms with Crippen LogP contribution in [0.4, 0.5) is 0 Å². The lowest BCUT2D eigenvalue weighted by atomic mass is 9.84. The van der Waals surface area contributed by atoms with Crippen LogP contribution in [-0.2, 0) is 4.79 Å². The lowest BCUT2D eigenvalue weighted by molar-refractivity contribution is -0.124. The maximum absolute atomic E-state index is 11.3. The van der Waals surface area contributed by atoms with Gasteiger partial charge in [-0.3, -0.25) is 4.79 Å². The minimum atomic E-state index is -0.421. The summed E-state index contributed by atoms with van der Waals surface area (Å²) in [6, 6.07) is 0. The summed E-state index contributed by atoms with van der Waals surface area (Å²) < 4.78 is 0. The van der Waals surface area contributed by atoms with Crippen LogP contribution in [0.5, 0.6) is 0 Å². The van der Waals surface area contributed by atoms with E-state index in [1.54, 1.807) is 0 Å². The maximum Gasteiger partial charge on any atom is 0.138 e. The summed E-state index contributed by atoms with van der Waals surface area (Å²) in [7, 11) is 0. The molecule has 0 aliphatic heterocycles. The van der Waals surface area contributed by atoms with Crippen molar-refractivity contribution < 1.29 is 9.90 Å². The Kier molecular flexibility index (Phi) is 3.12. The van der Waals surface area contributed by atoms with E-state index in [9.17, 15) is 9.90 Å². The predicted molar refractivity (Wildman–Crippen MR) is 52.4 cm³/mol. The number of carbonyl (C=O) groups is 1. The van der Waals surface area contributed by atoms with E-state index < -0.39 is 6.10 Å². The van der Waals surface area contributed by atoms with Gasteiger partial charge in [0.15, 0.2) is 0 Å². The second-order valence-electron chi connectivity index (χ2n) is 5.30. The Morgan fingerprint density at radius 3 is 2.54 bits per heavy atom. The molecular formula is C11H20O2. The molecule has 1 rings (SSSR count). The minimum absolute atomic E-state index is 0.0702. The van der Waals surface area contributed by atoms with Crippen molar-refractivity contribution in [2.24, 2.45) is 11.3 Å². The topological polar surface area (TPSA) is 37.3 Å². The molecule has 2 atom stereocenters. The molecule has 1 N–H and O–H groups in total. The lowest BCUT2D eigenvalue weighted by Gasteiger charge is -2.25. The van der Waals surface area contributed by atoms with Crippen LogP contribution < -0.4 is 0 Å². The van der Waals surface area contributed by atoms with Crippen molar-refractivity contribution in [1.82, 2.24) is 0 Å². The Balaban J connectivity index is 2.47. The summed E-state index contributed by atoms with van der Waals surface area (Å²) in [5.41, 5.74) is 0.113. The molecule has 0 aromatic carbocycles. The molecule has 0 saturated heterocycles. The summed E-state index contributed by atoms with van der Waals surface area (Å²) in [6.45, 7) is 6.28. The molecule has 76 valence electrons. The van der Waals surface area contributed by atoms with Crippen LogP contribution in [0.3, 0.4) is 0 Å². The Morgan fingerprint density at radius 2 is 2.15 bits per heavy atom. The van der Waals surface area contributed by atoms with E-state index in [1.165, 1.54) is 0 Å². The van der Waals surface area contributed by atoms with Crippen LogP contribution in [-0.4, -0.2) is 17.0 Å². The molecule has 1 aliphatic rings. The van der Waals surface area contributed by atoms with Gasteiger partial charge in [0.05, 0.1) is 6.10 Å². The van der Waals surface area contributed by atoms with Crippen LogP contribution in [0.2, 0.25) is 0 Å². The van der Waals surface area contributed by atoms with Crippen molar-refractivity contribution in [1.29, 1.82) is 0 Å². The first-order valence-corrected chi connectivity index (χ1v) is 5.11. The van der Waals surface area contributed by atoms with Gasteiger partial charge in [0.1, 0.15) is 5.78 Å². The van der Waals surface area contributed by atoms with Gasteiger partial charge in [0.2, 0.25) is 0 Å². The van der Waals surface area contributed by atoms with Crippen LogP contribution in [0, 0.1) is 11.3 Å². The van der Waals surface area contributed by atoms with Crippen molar-refractivity contribution >= 4 is 5.78 Å². The molecule has 0 bridgehead atoms. The normalized spacial score (nSPS) is 26.5. The predicted octanol–water partition coefficient (Wildman–Crippen LogP) is 2.15. The monoisotopic (exact) mass is 184 g/mol. The average molecular weight is 184 g/mol. The molecule has 0 spiro atoms. The number of rotatable bonds is 2. The fraction of sp³-hybridized carbons (Fsp3) is 0.909. The van der Waals surface area contributed by atoms with E-state index in [0.717, 1.165) is 19.3 Å². The number of hydrogen-bond donors (Lipinski definition) is 1. The molecular weight excluding hydrogens is 164 g/mol. The Bertz CT molecular complexity index is 191. The standard InChI is InChI=1S/C11H20O2/c1-11(2,3)7-10(13)8-5-4-6-9(8)12/h8,10,13H,4-7H2,1-3H3/t8-,10-/m1/s1. The van der Waals surface area contributed by atoms with Gasteiger partial charge in [0.25, 0.3) is 0 Å². The maximum atomic E-state index is 11.3.